The molecule has 0 aliphatic carbocycles. The average molecular weight is 341 g/mol. The summed E-state index contributed by atoms with van der Waals surface area (Å²) in [5.74, 6) is 0. The Morgan fingerprint density at radius 1 is 1.04 bits per heavy atom. The van der Waals surface area contributed by atoms with Gasteiger partial charge in [-0.3, -0.25) is 4.79 Å². The molecule has 0 bridgehead atoms. The van der Waals surface area contributed by atoms with Crippen molar-refractivity contribution in [2.75, 3.05) is 6.54 Å². The van der Waals surface area contributed by atoms with Gasteiger partial charge in [0.15, 0.2) is 0 Å². The van der Waals surface area contributed by atoms with Crippen LogP contribution in [-0.4, -0.2) is 16.1 Å². The van der Waals surface area contributed by atoms with Crippen molar-refractivity contribution in [3.05, 3.63) is 76.1 Å². The molecule has 2 aromatic heterocycles. The lowest BCUT2D eigenvalue weighted by Gasteiger charge is -2.11. The molecule has 0 radical (unpaired) electrons. The Bertz CT molecular complexity index is 1220. The van der Waals surface area contributed by atoms with Gasteiger partial charge in [-0.05, 0) is 48.5 Å². The fourth-order valence-corrected chi connectivity index (χ4v) is 4.08. The first-order chi connectivity index (χ1) is 12.8. The number of hydrogen-bond acceptors (Lipinski definition) is 3. The standard InChI is InChI=1S/C22H19N3O/c23-11-5-9-16-17-8-3-4-10-19(17)24-21-18(16)13-25-20(21)12-14-6-1-2-7-15(14)22(25)26/h1-4,6-8,10,12H,5,9,11,13,23H2. The Labute approximate surface area is 150 Å². The maximum absolute atomic E-state index is 13.0. The van der Waals surface area contributed by atoms with Gasteiger partial charge >= 0.3 is 0 Å². The van der Waals surface area contributed by atoms with E-state index < -0.39 is 0 Å². The minimum absolute atomic E-state index is 0.0601. The van der Waals surface area contributed by atoms with Gasteiger partial charge in [0, 0.05) is 16.3 Å². The fourth-order valence-electron chi connectivity index (χ4n) is 4.08. The third-order valence-corrected chi connectivity index (χ3v) is 5.32. The van der Waals surface area contributed by atoms with Crippen LogP contribution in [0.3, 0.4) is 0 Å². The van der Waals surface area contributed by atoms with Gasteiger partial charge in [0.2, 0.25) is 0 Å². The van der Waals surface area contributed by atoms with E-state index in [2.05, 4.69) is 12.1 Å². The first-order valence-corrected chi connectivity index (χ1v) is 9.01. The molecule has 5 rings (SSSR count). The summed E-state index contributed by atoms with van der Waals surface area (Å²) in [5, 5.41) is 2.90. The molecule has 0 atom stereocenters. The highest BCUT2D eigenvalue weighted by molar-refractivity contribution is 5.91. The van der Waals surface area contributed by atoms with E-state index in [1.807, 2.05) is 47.0 Å². The van der Waals surface area contributed by atoms with E-state index >= 15 is 0 Å². The molecule has 2 N–H and O–H groups in total. The molecule has 4 aromatic rings. The number of pyridine rings is 2. The highest BCUT2D eigenvalue weighted by Crippen LogP contribution is 2.36. The zero-order valence-corrected chi connectivity index (χ0v) is 14.4. The van der Waals surface area contributed by atoms with Gasteiger partial charge in [-0.25, -0.2) is 4.98 Å². The topological polar surface area (TPSA) is 60.9 Å². The summed E-state index contributed by atoms with van der Waals surface area (Å²) in [6, 6.07) is 18.1. The lowest BCUT2D eigenvalue weighted by molar-refractivity contribution is 0.786. The monoisotopic (exact) mass is 341 g/mol. The summed E-state index contributed by atoms with van der Waals surface area (Å²) < 4.78 is 1.87. The average Bonchev–Trinajstić information content (AvgIpc) is 3.04. The maximum atomic E-state index is 13.0. The van der Waals surface area contributed by atoms with Crippen LogP contribution in [0.2, 0.25) is 0 Å². The molecule has 4 nitrogen and oxygen atoms in total. The highest BCUT2D eigenvalue weighted by atomic mass is 16.1. The molecular weight excluding hydrogens is 322 g/mol. The van der Waals surface area contributed by atoms with E-state index in [9.17, 15) is 4.79 Å². The largest absolute Gasteiger partial charge is 0.330 e. The number of hydrogen-bond donors (Lipinski definition) is 1. The zero-order valence-electron chi connectivity index (χ0n) is 14.4. The van der Waals surface area contributed by atoms with Gasteiger partial charge in [0.1, 0.15) is 0 Å². The fraction of sp³-hybridized carbons (Fsp3) is 0.182. The maximum Gasteiger partial charge on any atom is 0.259 e. The Kier molecular flexibility index (Phi) is 3.40. The smallest absolute Gasteiger partial charge is 0.259 e. The van der Waals surface area contributed by atoms with Crippen LogP contribution in [0.15, 0.2) is 59.4 Å². The SMILES string of the molecule is NCCCc1c2c(nc3ccccc13)-c1cc3ccccc3c(=O)n1C2. The molecule has 0 amide bonds. The Hall–Kier alpha value is -2.98. The van der Waals surface area contributed by atoms with Gasteiger partial charge < -0.3 is 10.3 Å². The second-order valence-electron chi connectivity index (χ2n) is 6.84. The molecule has 128 valence electrons. The number of fused-ring (bicyclic) bond motifs is 5. The summed E-state index contributed by atoms with van der Waals surface area (Å²) in [6.07, 6.45) is 1.83. The number of nitrogens with two attached hydrogens (primary N) is 1. The van der Waals surface area contributed by atoms with Crippen molar-refractivity contribution >= 4 is 21.7 Å². The van der Waals surface area contributed by atoms with Gasteiger partial charge in [-0.15, -0.1) is 0 Å². The molecule has 1 aliphatic rings. The van der Waals surface area contributed by atoms with Crippen LogP contribution < -0.4 is 11.3 Å². The number of para-hydroxylation sites is 1. The van der Waals surface area contributed by atoms with Gasteiger partial charge in [-0.2, -0.15) is 0 Å². The van der Waals surface area contributed by atoms with E-state index in [4.69, 9.17) is 10.7 Å². The van der Waals surface area contributed by atoms with Crippen molar-refractivity contribution in [1.82, 2.24) is 9.55 Å². The molecule has 0 saturated heterocycles. The van der Waals surface area contributed by atoms with E-state index in [0.29, 0.717) is 13.1 Å². The number of benzene rings is 2. The van der Waals surface area contributed by atoms with Crippen molar-refractivity contribution in [1.29, 1.82) is 0 Å². The molecule has 0 spiro atoms. The van der Waals surface area contributed by atoms with E-state index in [0.717, 1.165) is 40.5 Å². The number of nitrogens with zero attached hydrogens (tertiary/aromatic N) is 2. The first-order valence-electron chi connectivity index (χ1n) is 9.01. The normalized spacial score (nSPS) is 12.5. The highest BCUT2D eigenvalue weighted by Gasteiger charge is 2.26. The molecular formula is C22H19N3O. The Morgan fingerprint density at radius 3 is 2.65 bits per heavy atom. The summed E-state index contributed by atoms with van der Waals surface area (Å²) in [5.41, 5.74) is 11.1. The summed E-state index contributed by atoms with van der Waals surface area (Å²) in [4.78, 5) is 17.9. The van der Waals surface area contributed by atoms with Crippen molar-refractivity contribution < 1.29 is 0 Å². The first kappa shape index (κ1) is 15.3. The third-order valence-electron chi connectivity index (χ3n) is 5.32. The van der Waals surface area contributed by atoms with Crippen LogP contribution in [0.4, 0.5) is 0 Å². The zero-order chi connectivity index (χ0) is 17.7. The minimum Gasteiger partial charge on any atom is -0.330 e. The van der Waals surface area contributed by atoms with Gasteiger partial charge in [0.05, 0.1) is 23.4 Å². The molecule has 0 unspecified atom stereocenters. The molecule has 0 fully saturated rings. The summed E-state index contributed by atoms with van der Waals surface area (Å²) in [6.45, 7) is 1.24. The number of rotatable bonds is 3. The predicted molar refractivity (Wildman–Crippen MR) is 105 cm³/mol. The van der Waals surface area contributed by atoms with E-state index in [1.165, 1.54) is 16.5 Å². The summed E-state index contributed by atoms with van der Waals surface area (Å²) in [7, 11) is 0. The van der Waals surface area contributed by atoms with Crippen molar-refractivity contribution in [3.8, 4) is 11.4 Å². The molecule has 26 heavy (non-hydrogen) atoms. The van der Waals surface area contributed by atoms with Gasteiger partial charge in [-0.1, -0.05) is 36.4 Å². The molecule has 3 heterocycles. The van der Waals surface area contributed by atoms with Crippen LogP contribution in [0.1, 0.15) is 17.5 Å². The summed E-state index contributed by atoms with van der Waals surface area (Å²) >= 11 is 0. The Balaban J connectivity index is 1.84. The number of aryl methyl sites for hydroxylation is 1. The molecule has 4 heteroatoms. The van der Waals surface area contributed by atoms with Crippen molar-refractivity contribution in [3.63, 3.8) is 0 Å². The lowest BCUT2D eigenvalue weighted by atomic mass is 9.97. The second kappa shape index (κ2) is 5.78. The van der Waals surface area contributed by atoms with E-state index in [1.54, 1.807) is 0 Å². The third kappa shape index (κ3) is 2.12. The van der Waals surface area contributed by atoms with Crippen molar-refractivity contribution in [2.24, 2.45) is 5.73 Å². The van der Waals surface area contributed by atoms with Crippen LogP contribution in [0.25, 0.3) is 33.1 Å². The molecule has 2 aromatic carbocycles. The van der Waals surface area contributed by atoms with Crippen LogP contribution >= 0.6 is 0 Å². The molecule has 0 saturated carbocycles. The Morgan fingerprint density at radius 2 is 1.81 bits per heavy atom. The van der Waals surface area contributed by atoms with Gasteiger partial charge in [0.25, 0.3) is 5.56 Å². The van der Waals surface area contributed by atoms with Crippen LogP contribution in [0.5, 0.6) is 0 Å². The van der Waals surface area contributed by atoms with E-state index in [-0.39, 0.29) is 5.56 Å². The lowest BCUT2D eigenvalue weighted by Crippen LogP contribution is -2.19. The predicted octanol–water partition coefficient (Wildman–Crippen LogP) is 3.47. The second-order valence-corrected chi connectivity index (χ2v) is 6.84. The quantitative estimate of drug-likeness (QED) is 0.546. The van der Waals surface area contributed by atoms with Crippen molar-refractivity contribution in [2.45, 2.75) is 19.4 Å². The number of aromatic nitrogens is 2. The van der Waals surface area contributed by atoms with Crippen LogP contribution in [-0.2, 0) is 13.0 Å². The molecule has 1 aliphatic heterocycles. The minimum atomic E-state index is 0.0601. The van der Waals surface area contributed by atoms with Crippen LogP contribution in [0, 0.1) is 0 Å².